The molecule has 0 radical (unpaired) electrons. The quantitative estimate of drug-likeness (QED) is 0.0154. The van der Waals surface area contributed by atoms with Gasteiger partial charge in [-0.15, -0.1) is 11.8 Å². The number of aliphatic hydroxyl groups excluding tert-OH is 2. The Balaban J connectivity index is 1.19. The molecule has 5 aromatic rings. The third-order valence-corrected chi connectivity index (χ3v) is 24.8. The number of nitrogens with one attached hydrogen (secondary N) is 14. The second-order valence-electron chi connectivity index (χ2n) is 34.3. The second-order valence-corrected chi connectivity index (χ2v) is 35.3. The number of unbranched alkanes of at least 4 members (excludes halogenated alkanes) is 2. The molecule has 42 nitrogen and oxygen atoms in total. The monoisotopic (exact) mass is 1860 g/mol. The minimum atomic E-state index is -1.89. The molecule has 0 spiro atoms. The zero-order chi connectivity index (χ0) is 96.9. The van der Waals surface area contributed by atoms with Crippen molar-refractivity contribution in [3.8, 4) is 0 Å². The summed E-state index contributed by atoms with van der Waals surface area (Å²) in [6.07, 6.45) is 1.54. The number of H-pyrrole nitrogens is 2. The third kappa shape index (κ3) is 29.1. The fourth-order valence-corrected chi connectivity index (χ4v) is 17.1. The molecule has 15 atom stereocenters. The molecular weight excluding hydrogens is 1730 g/mol. The van der Waals surface area contributed by atoms with Crippen LogP contribution in [0.5, 0.6) is 0 Å². The van der Waals surface area contributed by atoms with Crippen LogP contribution in [0.1, 0.15) is 140 Å². The van der Waals surface area contributed by atoms with E-state index >= 15 is 33.6 Å². The number of benzene rings is 3. The lowest BCUT2D eigenvalue weighted by molar-refractivity contribution is -0.149. The maximum absolute atomic E-state index is 15.7. The smallest absolute Gasteiger partial charge is 0.246 e. The van der Waals surface area contributed by atoms with Gasteiger partial charge in [0.2, 0.25) is 100 Å². The molecule has 3 aromatic carbocycles. The summed E-state index contributed by atoms with van der Waals surface area (Å²) in [7, 11) is 3.95. The van der Waals surface area contributed by atoms with Gasteiger partial charge in [-0.05, 0) is 93.5 Å². The number of rotatable bonds is 25. The number of amides is 17. The molecule has 43 heteroatoms. The molecule has 2 aromatic heterocycles. The highest BCUT2D eigenvalue weighted by Gasteiger charge is 2.47. The van der Waals surface area contributed by atoms with Crippen LogP contribution in [0.25, 0.3) is 21.8 Å². The van der Waals surface area contributed by atoms with Crippen LogP contribution in [0.3, 0.4) is 0 Å². The summed E-state index contributed by atoms with van der Waals surface area (Å²) < 4.78 is 0. The predicted octanol–water partition coefficient (Wildman–Crippen LogP) is -3.33. The lowest BCUT2D eigenvalue weighted by Gasteiger charge is -2.36. The van der Waals surface area contributed by atoms with Gasteiger partial charge in [0.1, 0.15) is 84.6 Å². The number of nitrogens with two attached hydrogens (primary N) is 4. The number of nitrogens with zero attached hydrogens (tertiary/aromatic N) is 5. The first-order valence-corrected chi connectivity index (χ1v) is 45.7. The fraction of sp³-hybridized carbons (Fsp3) is 0.551. The Morgan fingerprint density at radius 3 is 1.67 bits per heavy atom. The standard InChI is InChI=1S/C89H129N23O19S/c1-10-12-25-68-81(124)100-59(24-18-32-95-89(93)94)77(120)107-67(76(119)98-43-73(92)116)46-132-47-74(117)99-62(35-51-30-28-49(5)29-31-51)84(127)108(7)50(6)75(118)102-64(39-72(91)115)86(129)111-33-19-27-69(111)82(125)105-65(40-90)79(122)103-61(34-48(3)4)87(130)112-44-54(114)38-71(112)83(126)101-60(36-52-41-96-57-22-16-14-20-55(52)57)78(121)106-66(45-113)80(123)104-63(37-53-42-97-58-23-17-15-21-56(53)58)85(128)110(9)70(26-13-11-2)88(131)109(68)8/h14-17,20-23,28-31,41-42,48,50,54,59-71,96-97,113-114H,10-13,18-19,24-27,32-40,43-47,90H2,1-9H3,(H2,91,115)(H2,92,116)(H,98,119)(H,99,117)(H,100,124)(H,101,126)(H,102,118)(H,103,122)(H,104,123)(H,105,125)(H,106,121)(H,107,120)(H4,93,94,95)/t50-,54+,59?,60?,61?,62?,63?,64?,65-,66-,67-,68?,69-,70?,71-/m0/s1. The van der Waals surface area contributed by atoms with E-state index in [0.717, 1.165) is 41.8 Å². The van der Waals surface area contributed by atoms with E-state index in [0.29, 0.717) is 64.2 Å². The van der Waals surface area contributed by atoms with E-state index in [1.165, 1.54) is 28.1 Å². The van der Waals surface area contributed by atoms with E-state index in [4.69, 9.17) is 28.3 Å². The molecule has 0 saturated carbocycles. The molecule has 3 aliphatic rings. The number of aromatic amines is 2. The Morgan fingerprint density at radius 2 is 1.07 bits per heavy atom. The summed E-state index contributed by atoms with van der Waals surface area (Å²) in [5, 5.41) is 60.6. The lowest BCUT2D eigenvalue weighted by atomic mass is 10.00. The van der Waals surface area contributed by atoms with Crippen LogP contribution in [0.2, 0.25) is 0 Å². The average Bonchev–Trinajstić information content (AvgIpc) is 1.60. The molecular formula is C89H129N23O19S. The Morgan fingerprint density at radius 1 is 0.545 bits per heavy atom. The van der Waals surface area contributed by atoms with Crippen LogP contribution >= 0.6 is 11.8 Å². The van der Waals surface area contributed by atoms with Gasteiger partial charge in [0.25, 0.3) is 0 Å². The van der Waals surface area contributed by atoms with Crippen molar-refractivity contribution >= 4 is 140 Å². The van der Waals surface area contributed by atoms with Crippen LogP contribution in [0.4, 0.5) is 0 Å². The average molecular weight is 1860 g/mol. The number of carbonyl (C=O) groups excluding carboxylic acids is 17. The first kappa shape index (κ1) is 105. The van der Waals surface area contributed by atoms with Crippen molar-refractivity contribution in [3.05, 3.63) is 107 Å². The third-order valence-electron chi connectivity index (χ3n) is 23.8. The molecule has 0 bridgehead atoms. The van der Waals surface area contributed by atoms with Crippen molar-refractivity contribution in [2.75, 3.05) is 72.0 Å². The molecule has 3 fully saturated rings. The summed E-state index contributed by atoms with van der Waals surface area (Å²) >= 11 is 0.792. The number of hydrogen-bond donors (Lipinski definition) is 20. The number of aromatic nitrogens is 2. The SMILES string of the molecule is CCCCC1C(=O)N(C)C(CCCC)C(=O)NC(CCCNC(=N)N)C(=O)N[C@H](C(=O)NCC(N)=O)CSCC(=O)NC(Cc2ccc(C)cc2)C(=O)N(C)[C@@H](C)C(=O)NC(CC(N)=O)C(=O)N2CCC[C@H]2C(=O)N[C@@H](CN)C(=O)NC(CC(C)C)C(=O)N2C[C@H](O)C[C@H]2C(=O)NC(Cc2c[nH]c3ccccc23)C(=O)N[C@@H](CO)C(=O)NC(Cc2c[nH]c3ccccc23)C(=O)N1C. The van der Waals surface area contributed by atoms with Gasteiger partial charge < -0.3 is 126 Å². The topological polar surface area (TPSA) is 639 Å². The highest BCUT2D eigenvalue weighted by atomic mass is 32.2. The van der Waals surface area contributed by atoms with Gasteiger partial charge in [0.05, 0.1) is 31.4 Å². The van der Waals surface area contributed by atoms with Crippen molar-refractivity contribution in [1.82, 2.24) is 93.0 Å². The molecule has 3 aliphatic heterocycles. The molecule has 720 valence electrons. The first-order chi connectivity index (χ1) is 62.8. The van der Waals surface area contributed by atoms with Gasteiger partial charge in [0.15, 0.2) is 5.96 Å². The van der Waals surface area contributed by atoms with Crippen LogP contribution in [-0.2, 0) is 101 Å². The van der Waals surface area contributed by atoms with Crippen LogP contribution < -0.4 is 81.4 Å². The van der Waals surface area contributed by atoms with Crippen molar-refractivity contribution < 1.29 is 91.7 Å². The summed E-state index contributed by atoms with van der Waals surface area (Å²) in [5.74, 6) is -17.6. The molecule has 3 saturated heterocycles. The van der Waals surface area contributed by atoms with Gasteiger partial charge in [-0.25, -0.2) is 0 Å². The second kappa shape index (κ2) is 50.0. The number of guanidine groups is 1. The normalized spacial score (nSPS) is 25.1. The van der Waals surface area contributed by atoms with E-state index in [1.807, 2.05) is 20.8 Å². The van der Waals surface area contributed by atoms with Crippen molar-refractivity contribution in [2.24, 2.45) is 28.9 Å². The number of primary amides is 2. The van der Waals surface area contributed by atoms with E-state index < -0.39 is 241 Å². The Bertz CT molecular complexity index is 4950. The van der Waals surface area contributed by atoms with Gasteiger partial charge >= 0.3 is 0 Å². The highest BCUT2D eigenvalue weighted by molar-refractivity contribution is 8.00. The summed E-state index contributed by atoms with van der Waals surface area (Å²) in [6.45, 7) is 7.33. The van der Waals surface area contributed by atoms with Gasteiger partial charge in [-0.3, -0.25) is 86.9 Å². The van der Waals surface area contributed by atoms with E-state index in [1.54, 1.807) is 99.0 Å². The van der Waals surface area contributed by atoms with Crippen molar-refractivity contribution in [1.29, 1.82) is 5.41 Å². The number of hydrogen-bond acceptors (Lipinski definition) is 22. The Kier molecular flexibility index (Phi) is 39.6. The van der Waals surface area contributed by atoms with Crippen LogP contribution in [0.15, 0.2) is 85.2 Å². The minimum absolute atomic E-state index is 0.00352. The van der Waals surface area contributed by atoms with Crippen molar-refractivity contribution in [2.45, 2.75) is 235 Å². The number of thioether (sulfide) groups is 1. The lowest BCUT2D eigenvalue weighted by Crippen LogP contribution is -2.62. The number of para-hydroxylation sites is 2. The number of aliphatic hydroxyl groups is 2. The predicted molar refractivity (Wildman–Crippen MR) is 490 cm³/mol. The molecule has 132 heavy (non-hydrogen) atoms. The molecule has 8 unspecified atom stereocenters. The number of fused-ring (bicyclic) bond motifs is 4. The summed E-state index contributed by atoms with van der Waals surface area (Å²) in [6, 6.07) is -0.619. The maximum Gasteiger partial charge on any atom is 0.246 e. The number of likely N-dealkylation sites (N-methyl/N-ethyl adjacent to an activating group) is 3. The largest absolute Gasteiger partial charge is 0.394 e. The molecule has 17 amide bonds. The van der Waals surface area contributed by atoms with Gasteiger partial charge in [-0.1, -0.05) is 120 Å². The van der Waals surface area contributed by atoms with Gasteiger partial charge in [0, 0.05) is 113 Å². The summed E-state index contributed by atoms with van der Waals surface area (Å²) in [5.41, 5.74) is 26.6. The molecule has 24 N–H and O–H groups in total. The molecule has 5 heterocycles. The highest BCUT2D eigenvalue weighted by Crippen LogP contribution is 2.28. The van der Waals surface area contributed by atoms with Gasteiger partial charge in [-0.2, -0.15) is 0 Å². The van der Waals surface area contributed by atoms with Crippen LogP contribution in [0, 0.1) is 18.3 Å². The zero-order valence-corrected chi connectivity index (χ0v) is 76.9. The zero-order valence-electron chi connectivity index (χ0n) is 76.1. The van der Waals surface area contributed by atoms with Crippen LogP contribution in [-0.4, -0.2) is 314 Å². The maximum atomic E-state index is 15.7. The number of carbonyl (C=O) groups is 17. The molecule has 8 rings (SSSR count). The van der Waals surface area contributed by atoms with Crippen molar-refractivity contribution in [3.63, 3.8) is 0 Å². The Hall–Kier alpha value is -12.8. The number of aryl methyl sites for hydroxylation is 1. The van der Waals surface area contributed by atoms with E-state index in [-0.39, 0.29) is 89.6 Å². The molecule has 0 aliphatic carbocycles. The van der Waals surface area contributed by atoms with E-state index in [2.05, 4.69) is 68.5 Å². The summed E-state index contributed by atoms with van der Waals surface area (Å²) in [4.78, 5) is 260. The minimum Gasteiger partial charge on any atom is -0.394 e. The first-order valence-electron chi connectivity index (χ1n) is 44.6. The Labute approximate surface area is 769 Å². The van der Waals surface area contributed by atoms with E-state index in [9.17, 15) is 58.2 Å². The fourth-order valence-electron chi connectivity index (χ4n) is 16.3.